The zero-order valence-electron chi connectivity index (χ0n) is 20.8. The van der Waals surface area contributed by atoms with Gasteiger partial charge in [0, 0.05) is 6.42 Å². The first-order valence-corrected chi connectivity index (χ1v) is 15.3. The van der Waals surface area contributed by atoms with Gasteiger partial charge in [-0.05, 0) is 36.9 Å². The monoisotopic (exact) mass is 477 g/mol. The Labute approximate surface area is 211 Å². The maximum absolute atomic E-state index is 13.1. The van der Waals surface area contributed by atoms with Gasteiger partial charge in [-0.25, -0.2) is 0 Å². The van der Waals surface area contributed by atoms with Crippen LogP contribution in [0.1, 0.15) is 35.6 Å². The van der Waals surface area contributed by atoms with E-state index in [-0.39, 0.29) is 11.9 Å². The number of rotatable bonds is 10. The third kappa shape index (κ3) is 6.58. The van der Waals surface area contributed by atoms with Crippen molar-refractivity contribution < 1.29 is 4.79 Å². The lowest BCUT2D eigenvalue weighted by molar-refractivity contribution is -0.121. The highest BCUT2D eigenvalue weighted by Crippen LogP contribution is 2.20. The molecular formula is C32H35NOSi. The molecular weight excluding hydrogens is 442 g/mol. The molecule has 1 N–H and O–H groups in total. The summed E-state index contributed by atoms with van der Waals surface area (Å²) in [7, 11) is -1.92. The van der Waals surface area contributed by atoms with Crippen LogP contribution in [0.4, 0.5) is 0 Å². The smallest absolute Gasteiger partial charge is 0.220 e. The van der Waals surface area contributed by atoms with Crippen molar-refractivity contribution in [2.24, 2.45) is 0 Å². The predicted octanol–water partition coefficient (Wildman–Crippen LogP) is 6.07. The third-order valence-electron chi connectivity index (χ3n) is 7.00. The van der Waals surface area contributed by atoms with Crippen LogP contribution in [0, 0.1) is 6.92 Å². The SMILES string of the molecule is Cc1ccc(CC(NC(=O)CCC[Si](C)(c2ccccc2)c2ccccc2)c2ccccc2)cc1. The Kier molecular flexibility index (Phi) is 8.33. The highest BCUT2D eigenvalue weighted by molar-refractivity contribution is 7.01. The van der Waals surface area contributed by atoms with E-state index in [4.69, 9.17) is 0 Å². The fraction of sp³-hybridized carbons (Fsp3) is 0.219. The number of hydrogen-bond donors (Lipinski definition) is 1. The second-order valence-electron chi connectivity index (χ2n) is 9.64. The summed E-state index contributed by atoms with van der Waals surface area (Å²) in [5.41, 5.74) is 3.63. The number of nitrogens with one attached hydrogen (secondary N) is 1. The van der Waals surface area contributed by atoms with Crippen LogP contribution in [-0.2, 0) is 11.2 Å². The Morgan fingerprint density at radius 3 is 1.80 bits per heavy atom. The van der Waals surface area contributed by atoms with Gasteiger partial charge in [0.25, 0.3) is 0 Å². The fourth-order valence-electron chi connectivity index (χ4n) is 4.83. The van der Waals surface area contributed by atoms with Gasteiger partial charge in [0.05, 0.1) is 6.04 Å². The molecule has 0 fully saturated rings. The maximum atomic E-state index is 13.1. The van der Waals surface area contributed by atoms with E-state index in [2.05, 4.69) is 116 Å². The Balaban J connectivity index is 1.44. The van der Waals surface area contributed by atoms with Crippen molar-refractivity contribution in [2.45, 2.75) is 44.8 Å². The fourth-order valence-corrected chi connectivity index (χ4v) is 8.48. The lowest BCUT2D eigenvalue weighted by atomic mass is 9.98. The predicted molar refractivity (Wildman–Crippen MR) is 150 cm³/mol. The van der Waals surface area contributed by atoms with Crippen LogP contribution < -0.4 is 15.7 Å². The molecule has 0 saturated carbocycles. The van der Waals surface area contributed by atoms with Crippen molar-refractivity contribution in [3.63, 3.8) is 0 Å². The summed E-state index contributed by atoms with van der Waals surface area (Å²) in [4.78, 5) is 13.1. The van der Waals surface area contributed by atoms with Crippen molar-refractivity contribution in [3.05, 3.63) is 132 Å². The molecule has 4 aromatic carbocycles. The van der Waals surface area contributed by atoms with Crippen LogP contribution in [0.25, 0.3) is 0 Å². The molecule has 0 spiro atoms. The molecule has 0 aliphatic carbocycles. The maximum Gasteiger partial charge on any atom is 0.220 e. The Hall–Kier alpha value is -3.43. The normalized spacial score (nSPS) is 12.2. The summed E-state index contributed by atoms with van der Waals surface area (Å²) in [6.45, 7) is 4.53. The second kappa shape index (κ2) is 11.8. The Bertz CT molecular complexity index is 1150. The van der Waals surface area contributed by atoms with Crippen LogP contribution in [0.5, 0.6) is 0 Å². The van der Waals surface area contributed by atoms with Crippen molar-refractivity contribution in [1.29, 1.82) is 0 Å². The van der Waals surface area contributed by atoms with Gasteiger partial charge in [-0.1, -0.05) is 138 Å². The molecule has 35 heavy (non-hydrogen) atoms. The van der Waals surface area contributed by atoms with Crippen molar-refractivity contribution in [2.75, 3.05) is 0 Å². The zero-order valence-corrected chi connectivity index (χ0v) is 21.8. The summed E-state index contributed by atoms with van der Waals surface area (Å²) in [5, 5.41) is 6.19. The van der Waals surface area contributed by atoms with Crippen LogP contribution in [-0.4, -0.2) is 14.0 Å². The lowest BCUT2D eigenvalue weighted by Gasteiger charge is -2.29. The van der Waals surface area contributed by atoms with E-state index in [1.54, 1.807) is 0 Å². The molecule has 0 aromatic heterocycles. The zero-order chi connectivity index (χ0) is 24.5. The molecule has 1 atom stereocenters. The number of aryl methyl sites for hydroxylation is 1. The summed E-state index contributed by atoms with van der Waals surface area (Å²) in [6, 6.07) is 41.6. The van der Waals surface area contributed by atoms with E-state index in [1.165, 1.54) is 21.5 Å². The van der Waals surface area contributed by atoms with Gasteiger partial charge in [0.1, 0.15) is 8.07 Å². The van der Waals surface area contributed by atoms with Gasteiger partial charge in [-0.3, -0.25) is 4.79 Å². The molecule has 1 unspecified atom stereocenters. The summed E-state index contributed by atoms with van der Waals surface area (Å²) >= 11 is 0. The van der Waals surface area contributed by atoms with E-state index >= 15 is 0 Å². The van der Waals surface area contributed by atoms with Gasteiger partial charge < -0.3 is 5.32 Å². The molecule has 4 aromatic rings. The lowest BCUT2D eigenvalue weighted by Crippen LogP contribution is -2.55. The average Bonchev–Trinajstić information content (AvgIpc) is 2.91. The average molecular weight is 478 g/mol. The molecule has 178 valence electrons. The number of amides is 1. The van der Waals surface area contributed by atoms with Gasteiger partial charge in [0.2, 0.25) is 5.91 Å². The Morgan fingerprint density at radius 2 is 1.26 bits per heavy atom. The van der Waals surface area contributed by atoms with Crippen LogP contribution >= 0.6 is 0 Å². The van der Waals surface area contributed by atoms with Gasteiger partial charge in [-0.2, -0.15) is 0 Å². The minimum Gasteiger partial charge on any atom is -0.349 e. The molecule has 0 heterocycles. The highest BCUT2D eigenvalue weighted by Gasteiger charge is 2.31. The van der Waals surface area contributed by atoms with Crippen molar-refractivity contribution >= 4 is 24.4 Å². The standard InChI is InChI=1S/C32H35NOSi/c1-26-20-22-27(23-21-26)25-31(28-13-6-3-7-14-28)33-32(34)19-12-24-35(2,29-15-8-4-9-16-29)30-17-10-5-11-18-30/h3-11,13-18,20-23,31H,12,19,24-25H2,1-2H3,(H,33,34). The molecule has 0 bridgehead atoms. The first-order chi connectivity index (χ1) is 17.0. The van der Waals surface area contributed by atoms with E-state index in [9.17, 15) is 4.79 Å². The summed E-state index contributed by atoms with van der Waals surface area (Å²) in [6.07, 6.45) is 2.21. The number of carbonyl (C=O) groups excluding carboxylic acids is 1. The topological polar surface area (TPSA) is 29.1 Å². The van der Waals surface area contributed by atoms with E-state index in [1.807, 2.05) is 18.2 Å². The molecule has 2 nitrogen and oxygen atoms in total. The highest BCUT2D eigenvalue weighted by atomic mass is 28.3. The number of benzene rings is 4. The van der Waals surface area contributed by atoms with Gasteiger partial charge in [0.15, 0.2) is 0 Å². The van der Waals surface area contributed by atoms with Gasteiger partial charge >= 0.3 is 0 Å². The minimum atomic E-state index is -1.92. The number of hydrogen-bond acceptors (Lipinski definition) is 1. The first kappa shape index (κ1) is 24.7. The quantitative estimate of drug-likeness (QED) is 0.276. The summed E-state index contributed by atoms with van der Waals surface area (Å²) in [5.74, 6) is 0.128. The molecule has 0 aliphatic heterocycles. The second-order valence-corrected chi connectivity index (χ2v) is 14.0. The first-order valence-electron chi connectivity index (χ1n) is 12.6. The van der Waals surface area contributed by atoms with Crippen LogP contribution in [0.3, 0.4) is 0 Å². The largest absolute Gasteiger partial charge is 0.349 e. The van der Waals surface area contributed by atoms with Crippen molar-refractivity contribution in [3.8, 4) is 0 Å². The molecule has 1 amide bonds. The number of carbonyl (C=O) groups is 1. The molecule has 4 rings (SSSR count). The van der Waals surface area contributed by atoms with E-state index in [0.29, 0.717) is 6.42 Å². The minimum absolute atomic E-state index is 0.0294. The molecule has 0 radical (unpaired) electrons. The summed E-state index contributed by atoms with van der Waals surface area (Å²) < 4.78 is 0. The molecule has 0 aliphatic rings. The Morgan fingerprint density at radius 1 is 0.743 bits per heavy atom. The van der Waals surface area contributed by atoms with E-state index in [0.717, 1.165) is 24.4 Å². The molecule has 3 heteroatoms. The van der Waals surface area contributed by atoms with Crippen LogP contribution in [0.2, 0.25) is 12.6 Å². The van der Waals surface area contributed by atoms with E-state index < -0.39 is 8.07 Å². The molecule has 0 saturated heterocycles. The van der Waals surface area contributed by atoms with Gasteiger partial charge in [-0.15, -0.1) is 0 Å². The third-order valence-corrected chi connectivity index (χ3v) is 11.6. The van der Waals surface area contributed by atoms with Crippen molar-refractivity contribution in [1.82, 2.24) is 5.32 Å². The van der Waals surface area contributed by atoms with Crippen LogP contribution in [0.15, 0.2) is 115 Å².